The molecule has 0 spiro atoms. The summed E-state index contributed by atoms with van der Waals surface area (Å²) >= 11 is 11.8. The van der Waals surface area contributed by atoms with Gasteiger partial charge >= 0.3 is 0 Å². The molecule has 0 radical (unpaired) electrons. The maximum atomic E-state index is 6.04. The highest BCUT2D eigenvalue weighted by Crippen LogP contribution is 2.22. The van der Waals surface area contributed by atoms with Crippen LogP contribution in [-0.2, 0) is 6.42 Å². The summed E-state index contributed by atoms with van der Waals surface area (Å²) in [5, 5.41) is 0.696. The Hall–Kier alpha value is -1.39. The Bertz CT molecular complexity index is 519. The minimum atomic E-state index is 0.199. The van der Waals surface area contributed by atoms with Crippen LogP contribution in [0.1, 0.15) is 5.56 Å². The molecule has 0 N–H and O–H groups in total. The molecule has 0 aliphatic heterocycles. The van der Waals surface area contributed by atoms with Gasteiger partial charge in [-0.05, 0) is 35.7 Å². The van der Waals surface area contributed by atoms with E-state index in [4.69, 9.17) is 23.2 Å². The third-order valence-corrected chi connectivity index (χ3v) is 2.99. The lowest BCUT2D eigenvalue weighted by atomic mass is 10.2. The van der Waals surface area contributed by atoms with Crippen LogP contribution in [0.2, 0.25) is 10.3 Å². The van der Waals surface area contributed by atoms with Gasteiger partial charge in [0.05, 0.1) is 6.20 Å². The van der Waals surface area contributed by atoms with Crippen LogP contribution < -0.4 is 4.90 Å². The first kappa shape index (κ1) is 13.1. The van der Waals surface area contributed by atoms with Crippen molar-refractivity contribution < 1.29 is 0 Å². The van der Waals surface area contributed by atoms with Crippen LogP contribution in [0.25, 0.3) is 0 Å². The highest BCUT2D eigenvalue weighted by molar-refractivity contribution is 6.33. The van der Waals surface area contributed by atoms with E-state index in [9.17, 15) is 0 Å². The fourth-order valence-electron chi connectivity index (χ4n) is 1.56. The molecular formula is C12H12Cl2N4. The third kappa shape index (κ3) is 3.31. The second-order valence-electron chi connectivity index (χ2n) is 3.84. The third-order valence-electron chi connectivity index (χ3n) is 2.54. The zero-order valence-corrected chi connectivity index (χ0v) is 11.4. The minimum absolute atomic E-state index is 0.199. The van der Waals surface area contributed by atoms with Crippen molar-refractivity contribution in [2.45, 2.75) is 6.42 Å². The van der Waals surface area contributed by atoms with Gasteiger partial charge in [0.2, 0.25) is 5.28 Å². The monoisotopic (exact) mass is 282 g/mol. The number of hydrogen-bond acceptors (Lipinski definition) is 4. The van der Waals surface area contributed by atoms with E-state index in [1.54, 1.807) is 12.4 Å². The predicted molar refractivity (Wildman–Crippen MR) is 73.3 cm³/mol. The number of aromatic nitrogens is 3. The smallest absolute Gasteiger partial charge is 0.224 e. The molecule has 94 valence electrons. The first-order valence-electron chi connectivity index (χ1n) is 5.45. The topological polar surface area (TPSA) is 41.9 Å². The largest absolute Gasteiger partial charge is 0.358 e. The molecule has 0 amide bonds. The molecule has 0 aliphatic rings. The normalized spacial score (nSPS) is 10.4. The number of anilines is 1. The number of likely N-dealkylation sites (N-methyl/N-ethyl adjacent to an activating group) is 1. The standard InChI is InChI=1S/C12H12Cl2N4/c1-18(7-4-9-2-5-15-6-3-9)11-10(13)8-16-12(14)17-11/h2-3,5-6,8H,4,7H2,1H3. The van der Waals surface area contributed by atoms with Crippen molar-refractivity contribution >= 4 is 29.0 Å². The van der Waals surface area contributed by atoms with E-state index >= 15 is 0 Å². The molecule has 2 rings (SSSR count). The maximum absolute atomic E-state index is 6.04. The summed E-state index contributed by atoms with van der Waals surface area (Å²) in [5.74, 6) is 0.644. The molecule has 2 aromatic rings. The van der Waals surface area contributed by atoms with Crippen molar-refractivity contribution in [3.8, 4) is 0 Å². The van der Waals surface area contributed by atoms with Crippen LogP contribution >= 0.6 is 23.2 Å². The Morgan fingerprint density at radius 2 is 1.94 bits per heavy atom. The van der Waals surface area contributed by atoms with Crippen LogP contribution in [0.15, 0.2) is 30.7 Å². The summed E-state index contributed by atoms with van der Waals surface area (Å²) in [7, 11) is 1.92. The molecule has 0 aliphatic carbocycles. The van der Waals surface area contributed by atoms with Gasteiger partial charge < -0.3 is 4.90 Å². The van der Waals surface area contributed by atoms with E-state index in [0.29, 0.717) is 10.8 Å². The molecule has 4 nitrogen and oxygen atoms in total. The molecule has 0 unspecified atom stereocenters. The first-order chi connectivity index (χ1) is 8.66. The van der Waals surface area contributed by atoms with E-state index in [1.807, 2.05) is 24.1 Å². The highest BCUT2D eigenvalue weighted by Gasteiger charge is 2.09. The fraction of sp³-hybridized carbons (Fsp3) is 0.250. The summed E-state index contributed by atoms with van der Waals surface area (Å²) in [6.45, 7) is 0.789. The van der Waals surface area contributed by atoms with Gasteiger partial charge in [0, 0.05) is 26.0 Å². The zero-order valence-electron chi connectivity index (χ0n) is 9.85. The predicted octanol–water partition coefficient (Wildman–Crippen LogP) is 2.86. The Kier molecular flexibility index (Phi) is 4.33. The van der Waals surface area contributed by atoms with E-state index in [2.05, 4.69) is 15.0 Å². The Morgan fingerprint density at radius 1 is 1.22 bits per heavy atom. The van der Waals surface area contributed by atoms with Gasteiger partial charge in [-0.15, -0.1) is 0 Å². The van der Waals surface area contributed by atoms with E-state index in [-0.39, 0.29) is 5.28 Å². The van der Waals surface area contributed by atoms with Crippen LogP contribution in [-0.4, -0.2) is 28.5 Å². The van der Waals surface area contributed by atoms with Crippen molar-refractivity contribution in [3.63, 3.8) is 0 Å². The van der Waals surface area contributed by atoms with Gasteiger partial charge in [0.25, 0.3) is 0 Å². The molecule has 0 aromatic carbocycles. The SMILES string of the molecule is CN(CCc1ccncc1)c1nc(Cl)ncc1Cl. The summed E-state index contributed by atoms with van der Waals surface area (Å²) in [4.78, 5) is 13.9. The lowest BCUT2D eigenvalue weighted by Crippen LogP contribution is -2.22. The molecule has 18 heavy (non-hydrogen) atoms. The Labute approximate surface area is 116 Å². The first-order valence-corrected chi connectivity index (χ1v) is 6.20. The lowest BCUT2D eigenvalue weighted by molar-refractivity contribution is 0.854. The Morgan fingerprint density at radius 3 is 2.67 bits per heavy atom. The van der Waals surface area contributed by atoms with Gasteiger partial charge in [-0.3, -0.25) is 4.98 Å². The van der Waals surface area contributed by atoms with Crippen LogP contribution in [0, 0.1) is 0 Å². The number of nitrogens with zero attached hydrogens (tertiary/aromatic N) is 4. The van der Waals surface area contributed by atoms with Crippen LogP contribution in [0.5, 0.6) is 0 Å². The molecular weight excluding hydrogens is 271 g/mol. The van der Waals surface area contributed by atoms with Crippen molar-refractivity contribution in [2.24, 2.45) is 0 Å². The summed E-state index contributed by atoms with van der Waals surface area (Å²) in [6.07, 6.45) is 5.96. The molecule has 2 heterocycles. The van der Waals surface area contributed by atoms with Crippen molar-refractivity contribution in [1.29, 1.82) is 0 Å². The molecule has 0 bridgehead atoms. The average molecular weight is 283 g/mol. The quantitative estimate of drug-likeness (QED) is 0.809. The molecule has 6 heteroatoms. The number of pyridine rings is 1. The molecule has 0 atom stereocenters. The summed E-state index contributed by atoms with van der Waals surface area (Å²) in [6, 6.07) is 3.98. The summed E-state index contributed by atoms with van der Waals surface area (Å²) in [5.41, 5.74) is 1.22. The average Bonchev–Trinajstić information content (AvgIpc) is 2.40. The minimum Gasteiger partial charge on any atom is -0.358 e. The van der Waals surface area contributed by atoms with E-state index < -0.39 is 0 Å². The fourth-order valence-corrected chi connectivity index (χ4v) is 1.92. The summed E-state index contributed by atoms with van der Waals surface area (Å²) < 4.78 is 0. The van der Waals surface area contributed by atoms with Crippen molar-refractivity contribution in [1.82, 2.24) is 15.0 Å². The van der Waals surface area contributed by atoms with Crippen LogP contribution in [0.3, 0.4) is 0 Å². The number of hydrogen-bond donors (Lipinski definition) is 0. The maximum Gasteiger partial charge on any atom is 0.224 e. The molecule has 0 saturated carbocycles. The second-order valence-corrected chi connectivity index (χ2v) is 4.58. The number of halogens is 2. The lowest BCUT2D eigenvalue weighted by Gasteiger charge is -2.19. The van der Waals surface area contributed by atoms with Gasteiger partial charge in [-0.2, -0.15) is 4.98 Å². The van der Waals surface area contributed by atoms with Gasteiger partial charge in [0.15, 0.2) is 5.82 Å². The molecule has 2 aromatic heterocycles. The van der Waals surface area contributed by atoms with Crippen molar-refractivity contribution in [3.05, 3.63) is 46.6 Å². The Balaban J connectivity index is 2.03. The van der Waals surface area contributed by atoms with Gasteiger partial charge in [-0.1, -0.05) is 11.6 Å². The van der Waals surface area contributed by atoms with Crippen LogP contribution in [0.4, 0.5) is 5.82 Å². The van der Waals surface area contributed by atoms with Gasteiger partial charge in [0.1, 0.15) is 5.02 Å². The zero-order chi connectivity index (χ0) is 13.0. The van der Waals surface area contributed by atoms with E-state index in [1.165, 1.54) is 11.8 Å². The highest BCUT2D eigenvalue weighted by atomic mass is 35.5. The van der Waals surface area contributed by atoms with Gasteiger partial charge in [-0.25, -0.2) is 4.98 Å². The second kappa shape index (κ2) is 5.98. The number of rotatable bonds is 4. The molecule has 0 saturated heterocycles. The molecule has 0 fully saturated rings. The van der Waals surface area contributed by atoms with E-state index in [0.717, 1.165) is 13.0 Å². The van der Waals surface area contributed by atoms with Crippen molar-refractivity contribution in [2.75, 3.05) is 18.5 Å².